The fourth-order valence-corrected chi connectivity index (χ4v) is 5.92. The van der Waals surface area contributed by atoms with Gasteiger partial charge < -0.3 is 19.7 Å². The van der Waals surface area contributed by atoms with Gasteiger partial charge >= 0.3 is 0 Å². The van der Waals surface area contributed by atoms with Crippen molar-refractivity contribution in [3.05, 3.63) is 83.4 Å². The highest BCUT2D eigenvalue weighted by Crippen LogP contribution is 2.36. The third-order valence-electron chi connectivity index (χ3n) is 6.89. The van der Waals surface area contributed by atoms with E-state index in [2.05, 4.69) is 5.32 Å². The van der Waals surface area contributed by atoms with E-state index in [9.17, 15) is 18.0 Å². The van der Waals surface area contributed by atoms with Crippen molar-refractivity contribution in [1.82, 2.24) is 10.2 Å². The highest BCUT2D eigenvalue weighted by molar-refractivity contribution is 7.92. The van der Waals surface area contributed by atoms with Crippen LogP contribution in [0, 0.1) is 0 Å². The molecule has 218 valence electrons. The number of hydrogen-bond donors (Lipinski definition) is 1. The van der Waals surface area contributed by atoms with Gasteiger partial charge in [-0.15, -0.1) is 0 Å². The molecule has 0 aromatic heterocycles. The third kappa shape index (κ3) is 7.12. The molecule has 11 heteroatoms. The van der Waals surface area contributed by atoms with Crippen molar-refractivity contribution >= 4 is 39.1 Å². The van der Waals surface area contributed by atoms with Crippen LogP contribution in [0.25, 0.3) is 0 Å². The molecule has 9 nitrogen and oxygen atoms in total. The molecule has 1 N–H and O–H groups in total. The minimum absolute atomic E-state index is 0.00790. The van der Waals surface area contributed by atoms with Crippen LogP contribution in [0.4, 0.5) is 5.69 Å². The van der Waals surface area contributed by atoms with Crippen LogP contribution in [-0.2, 0) is 26.2 Å². The summed E-state index contributed by atoms with van der Waals surface area (Å²) in [6, 6.07) is 18.6. The third-order valence-corrected chi connectivity index (χ3v) is 9.05. The summed E-state index contributed by atoms with van der Waals surface area (Å²) in [4.78, 5) is 28.6. The average Bonchev–Trinajstić information content (AvgIpc) is 2.99. The lowest BCUT2D eigenvalue weighted by Gasteiger charge is -2.33. The topological polar surface area (TPSA) is 105 Å². The smallest absolute Gasteiger partial charge is 0.264 e. The number of nitrogens with one attached hydrogen (secondary N) is 1. The summed E-state index contributed by atoms with van der Waals surface area (Å²) < 4.78 is 40.2. The SMILES string of the molecule is CC[C@@H](C)NC(=O)[C@H](C)N(Cc1ccccc1Cl)C(=O)CN(c1ccc2c(c1)OCCO2)S(=O)(=O)c1ccccc1. The quantitative estimate of drug-likeness (QED) is 0.344. The number of rotatable bonds is 11. The molecule has 1 aliphatic heterocycles. The van der Waals surface area contributed by atoms with E-state index >= 15 is 0 Å². The second-order valence-corrected chi connectivity index (χ2v) is 12.0. The summed E-state index contributed by atoms with van der Waals surface area (Å²) in [6.45, 7) is 5.57. The van der Waals surface area contributed by atoms with E-state index < -0.39 is 28.5 Å². The van der Waals surface area contributed by atoms with Gasteiger partial charge in [0.2, 0.25) is 11.8 Å². The molecular weight excluding hydrogens is 566 g/mol. The lowest BCUT2D eigenvalue weighted by molar-refractivity contribution is -0.139. The van der Waals surface area contributed by atoms with Crippen molar-refractivity contribution in [3.63, 3.8) is 0 Å². The standard InChI is InChI=1S/C30H34ClN3O6S/c1-4-21(2)32-30(36)22(3)33(19-23-10-8-9-13-26(23)31)29(35)20-34(41(37,38)25-11-6-5-7-12-25)24-14-15-27-28(18-24)40-17-16-39-27/h5-15,18,21-22H,4,16-17,19-20H2,1-3H3,(H,32,36)/t21-,22+/m1/s1. The van der Waals surface area contributed by atoms with Gasteiger partial charge in [-0.3, -0.25) is 13.9 Å². The highest BCUT2D eigenvalue weighted by Gasteiger charge is 2.33. The summed E-state index contributed by atoms with van der Waals surface area (Å²) >= 11 is 6.42. The lowest BCUT2D eigenvalue weighted by atomic mass is 10.1. The predicted octanol–water partition coefficient (Wildman–Crippen LogP) is 4.64. The van der Waals surface area contributed by atoms with Crippen molar-refractivity contribution in [2.75, 3.05) is 24.1 Å². The van der Waals surface area contributed by atoms with E-state index in [0.29, 0.717) is 41.7 Å². The number of anilines is 1. The van der Waals surface area contributed by atoms with Crippen molar-refractivity contribution in [2.45, 2.75) is 50.7 Å². The number of halogens is 1. The molecule has 0 bridgehead atoms. The Morgan fingerprint density at radius 2 is 1.61 bits per heavy atom. The van der Waals surface area contributed by atoms with Crippen LogP contribution >= 0.6 is 11.6 Å². The molecule has 1 aliphatic rings. The zero-order valence-electron chi connectivity index (χ0n) is 23.2. The molecule has 2 amide bonds. The molecule has 4 rings (SSSR count). The minimum atomic E-state index is -4.20. The van der Waals surface area contributed by atoms with Gasteiger partial charge in [-0.1, -0.05) is 54.9 Å². The van der Waals surface area contributed by atoms with Crippen molar-refractivity contribution < 1.29 is 27.5 Å². The Morgan fingerprint density at radius 3 is 2.29 bits per heavy atom. The van der Waals surface area contributed by atoms with Crippen LogP contribution in [-0.4, -0.2) is 57.0 Å². The zero-order chi connectivity index (χ0) is 29.6. The number of hydrogen-bond acceptors (Lipinski definition) is 6. The first-order chi connectivity index (χ1) is 19.6. The van der Waals surface area contributed by atoms with Gasteiger partial charge in [0.15, 0.2) is 11.5 Å². The van der Waals surface area contributed by atoms with Gasteiger partial charge in [-0.25, -0.2) is 8.42 Å². The Hall–Kier alpha value is -3.76. The molecule has 3 aromatic carbocycles. The van der Waals surface area contributed by atoms with E-state index in [-0.39, 0.29) is 29.1 Å². The number of fused-ring (bicyclic) bond motifs is 1. The molecule has 0 radical (unpaired) electrons. The largest absolute Gasteiger partial charge is 0.486 e. The summed E-state index contributed by atoms with van der Waals surface area (Å²) in [7, 11) is -4.20. The Morgan fingerprint density at radius 1 is 0.951 bits per heavy atom. The molecule has 1 heterocycles. The lowest BCUT2D eigenvalue weighted by Crippen LogP contribution is -2.52. The van der Waals surface area contributed by atoms with E-state index in [4.69, 9.17) is 21.1 Å². The van der Waals surface area contributed by atoms with Crippen LogP contribution in [0.1, 0.15) is 32.8 Å². The molecule has 0 saturated heterocycles. The Balaban J connectivity index is 1.73. The first-order valence-corrected chi connectivity index (χ1v) is 15.2. The molecule has 0 unspecified atom stereocenters. The first-order valence-electron chi connectivity index (χ1n) is 13.4. The Bertz CT molecular complexity index is 1480. The van der Waals surface area contributed by atoms with Gasteiger partial charge in [-0.2, -0.15) is 0 Å². The molecular formula is C30H34ClN3O6S. The molecule has 0 spiro atoms. The fraction of sp³-hybridized carbons (Fsp3) is 0.333. The monoisotopic (exact) mass is 599 g/mol. The number of nitrogens with zero attached hydrogens (tertiary/aromatic N) is 2. The maximum Gasteiger partial charge on any atom is 0.264 e. The summed E-state index contributed by atoms with van der Waals surface area (Å²) in [5.74, 6) is -0.0644. The van der Waals surface area contributed by atoms with Crippen molar-refractivity contribution in [3.8, 4) is 11.5 Å². The van der Waals surface area contributed by atoms with Crippen LogP contribution in [0.2, 0.25) is 5.02 Å². The molecule has 0 aliphatic carbocycles. The molecule has 3 aromatic rings. The van der Waals surface area contributed by atoms with E-state index in [0.717, 1.165) is 4.31 Å². The number of ether oxygens (including phenoxy) is 2. The number of amides is 2. The Labute approximate surface area is 246 Å². The molecule has 2 atom stereocenters. The normalized spacial score (nSPS) is 14.0. The average molecular weight is 600 g/mol. The molecule has 0 fully saturated rings. The van der Waals surface area contributed by atoms with Crippen LogP contribution in [0.3, 0.4) is 0 Å². The van der Waals surface area contributed by atoms with E-state index in [1.807, 2.05) is 13.8 Å². The van der Waals surface area contributed by atoms with Gasteiger partial charge in [-0.05, 0) is 56.2 Å². The molecule has 0 saturated carbocycles. The number of carbonyl (C=O) groups excluding carboxylic acids is 2. The van der Waals surface area contributed by atoms with Crippen LogP contribution in [0.15, 0.2) is 77.7 Å². The second-order valence-electron chi connectivity index (χ2n) is 9.76. The number of carbonyl (C=O) groups is 2. The summed E-state index contributed by atoms with van der Waals surface area (Å²) in [6.07, 6.45) is 0.712. The predicted molar refractivity (Wildman–Crippen MR) is 158 cm³/mol. The van der Waals surface area contributed by atoms with Gasteiger partial charge in [0.05, 0.1) is 10.6 Å². The van der Waals surface area contributed by atoms with Gasteiger partial charge in [0.1, 0.15) is 25.8 Å². The fourth-order valence-electron chi connectivity index (χ4n) is 4.29. The van der Waals surface area contributed by atoms with E-state index in [1.165, 1.54) is 17.0 Å². The number of sulfonamides is 1. The second kappa shape index (κ2) is 13.3. The maximum atomic E-state index is 14.1. The number of benzene rings is 3. The highest BCUT2D eigenvalue weighted by atomic mass is 35.5. The minimum Gasteiger partial charge on any atom is -0.486 e. The van der Waals surface area contributed by atoms with Gasteiger partial charge in [0, 0.05) is 23.7 Å². The van der Waals surface area contributed by atoms with E-state index in [1.54, 1.807) is 67.6 Å². The zero-order valence-corrected chi connectivity index (χ0v) is 24.8. The van der Waals surface area contributed by atoms with Crippen LogP contribution in [0.5, 0.6) is 11.5 Å². The van der Waals surface area contributed by atoms with Crippen molar-refractivity contribution in [2.24, 2.45) is 0 Å². The summed E-state index contributed by atoms with van der Waals surface area (Å²) in [5, 5.41) is 3.34. The molecule has 41 heavy (non-hydrogen) atoms. The van der Waals surface area contributed by atoms with Crippen molar-refractivity contribution in [1.29, 1.82) is 0 Å². The van der Waals surface area contributed by atoms with Crippen LogP contribution < -0.4 is 19.1 Å². The first kappa shape index (κ1) is 30.2. The summed E-state index contributed by atoms with van der Waals surface area (Å²) in [5.41, 5.74) is 0.850. The maximum absolute atomic E-state index is 14.1. The Kier molecular flexibility index (Phi) is 9.77. The van der Waals surface area contributed by atoms with Gasteiger partial charge in [0.25, 0.3) is 10.0 Å².